The predicted octanol–water partition coefficient (Wildman–Crippen LogP) is -1.48. The van der Waals surface area contributed by atoms with Crippen molar-refractivity contribution in [2.45, 2.75) is 6.54 Å². The minimum Gasteiger partial charge on any atom is -0.322 e. The Labute approximate surface area is 148 Å². The summed E-state index contributed by atoms with van der Waals surface area (Å²) >= 11 is 0. The van der Waals surface area contributed by atoms with E-state index >= 15 is 0 Å². The highest BCUT2D eigenvalue weighted by atomic mass is 16.2. The SMILES string of the molecule is O=C(C[NH+]1CC[NH+](Cc2ccccc2)CC1)N/N=C\c1ccncc1. The highest BCUT2D eigenvalue weighted by Gasteiger charge is 2.24. The summed E-state index contributed by atoms with van der Waals surface area (Å²) in [5.74, 6) is -0.0354. The van der Waals surface area contributed by atoms with E-state index in [0.717, 1.165) is 38.3 Å². The lowest BCUT2D eigenvalue weighted by atomic mass is 10.2. The van der Waals surface area contributed by atoms with E-state index in [-0.39, 0.29) is 5.91 Å². The van der Waals surface area contributed by atoms with Gasteiger partial charge in [0.2, 0.25) is 0 Å². The number of pyridine rings is 1. The van der Waals surface area contributed by atoms with Crippen molar-refractivity contribution in [3.05, 3.63) is 66.0 Å². The zero-order chi connectivity index (χ0) is 17.3. The monoisotopic (exact) mass is 339 g/mol. The van der Waals surface area contributed by atoms with Crippen molar-refractivity contribution in [3.8, 4) is 0 Å². The van der Waals surface area contributed by atoms with Crippen LogP contribution in [0.3, 0.4) is 0 Å². The second kappa shape index (κ2) is 9.05. The van der Waals surface area contributed by atoms with Gasteiger partial charge in [0.1, 0.15) is 32.7 Å². The molecule has 6 nitrogen and oxygen atoms in total. The summed E-state index contributed by atoms with van der Waals surface area (Å²) in [6.07, 6.45) is 5.03. The zero-order valence-electron chi connectivity index (χ0n) is 14.3. The number of aromatic nitrogens is 1. The number of hydrazone groups is 1. The summed E-state index contributed by atoms with van der Waals surface area (Å²) < 4.78 is 0. The summed E-state index contributed by atoms with van der Waals surface area (Å²) in [6.45, 7) is 5.77. The number of amides is 1. The molecule has 0 saturated carbocycles. The van der Waals surface area contributed by atoms with Gasteiger partial charge in [-0.2, -0.15) is 5.10 Å². The maximum absolute atomic E-state index is 12.0. The van der Waals surface area contributed by atoms with Crippen molar-refractivity contribution in [1.82, 2.24) is 10.4 Å². The number of hydrogen-bond donors (Lipinski definition) is 3. The molecule has 0 bridgehead atoms. The molecule has 2 aromatic rings. The standard InChI is InChI=1S/C19H23N5O/c25-19(22-21-14-17-6-8-20-9-7-17)16-24-12-10-23(11-13-24)15-18-4-2-1-3-5-18/h1-9,14H,10-13,15-16H2,(H,22,25)/p+2/b21-14-. The third kappa shape index (κ3) is 5.77. The first kappa shape index (κ1) is 17.3. The van der Waals surface area contributed by atoms with Gasteiger partial charge in [0.15, 0.2) is 6.54 Å². The number of rotatable bonds is 6. The van der Waals surface area contributed by atoms with Crippen LogP contribution in [0.1, 0.15) is 11.1 Å². The van der Waals surface area contributed by atoms with Crippen LogP contribution in [0.15, 0.2) is 60.0 Å². The van der Waals surface area contributed by atoms with Gasteiger partial charge in [0.25, 0.3) is 5.91 Å². The number of nitrogens with zero attached hydrogens (tertiary/aromatic N) is 2. The maximum atomic E-state index is 12.0. The largest absolute Gasteiger partial charge is 0.322 e. The molecule has 130 valence electrons. The molecule has 1 aromatic carbocycles. The fourth-order valence-electron chi connectivity index (χ4n) is 3.09. The van der Waals surface area contributed by atoms with Crippen LogP contribution >= 0.6 is 0 Å². The molecule has 2 heterocycles. The minimum atomic E-state index is -0.0354. The van der Waals surface area contributed by atoms with E-state index in [0.29, 0.717) is 6.54 Å². The molecule has 3 N–H and O–H groups in total. The van der Waals surface area contributed by atoms with E-state index in [1.54, 1.807) is 23.5 Å². The van der Waals surface area contributed by atoms with E-state index in [2.05, 4.69) is 45.8 Å². The van der Waals surface area contributed by atoms with Crippen molar-refractivity contribution in [3.63, 3.8) is 0 Å². The molecular weight excluding hydrogens is 314 g/mol. The lowest BCUT2D eigenvalue weighted by Crippen LogP contribution is -3.28. The first-order valence-corrected chi connectivity index (χ1v) is 8.72. The Morgan fingerprint density at radius 1 is 1.04 bits per heavy atom. The average Bonchev–Trinajstić information content (AvgIpc) is 2.65. The van der Waals surface area contributed by atoms with E-state index in [4.69, 9.17) is 0 Å². The van der Waals surface area contributed by atoms with E-state index in [1.807, 2.05) is 12.1 Å². The first-order chi connectivity index (χ1) is 12.3. The maximum Gasteiger partial charge on any atom is 0.295 e. The lowest BCUT2D eigenvalue weighted by molar-refractivity contribution is -1.02. The van der Waals surface area contributed by atoms with E-state index in [1.165, 1.54) is 10.5 Å². The average molecular weight is 339 g/mol. The second-order valence-corrected chi connectivity index (χ2v) is 6.41. The van der Waals surface area contributed by atoms with Crippen LogP contribution in [0, 0.1) is 0 Å². The van der Waals surface area contributed by atoms with Crippen LogP contribution in [0.2, 0.25) is 0 Å². The summed E-state index contributed by atoms with van der Waals surface area (Å²) in [7, 11) is 0. The van der Waals surface area contributed by atoms with Gasteiger partial charge >= 0.3 is 0 Å². The third-order valence-electron chi connectivity index (χ3n) is 4.48. The minimum absolute atomic E-state index is 0.0354. The molecule has 1 aliphatic rings. The summed E-state index contributed by atoms with van der Waals surface area (Å²) in [4.78, 5) is 18.9. The van der Waals surface area contributed by atoms with Crippen LogP contribution in [-0.4, -0.2) is 49.8 Å². The highest BCUT2D eigenvalue weighted by Crippen LogP contribution is 1.95. The summed E-state index contributed by atoms with van der Waals surface area (Å²) in [6, 6.07) is 14.3. The molecule has 0 radical (unpaired) electrons. The van der Waals surface area contributed by atoms with Crippen molar-refractivity contribution < 1.29 is 14.6 Å². The fourth-order valence-corrected chi connectivity index (χ4v) is 3.09. The van der Waals surface area contributed by atoms with E-state index in [9.17, 15) is 4.79 Å². The van der Waals surface area contributed by atoms with Gasteiger partial charge in [-0.1, -0.05) is 30.3 Å². The smallest absolute Gasteiger partial charge is 0.295 e. The Kier molecular flexibility index (Phi) is 6.25. The Morgan fingerprint density at radius 2 is 1.72 bits per heavy atom. The molecule has 0 atom stereocenters. The number of quaternary nitrogens is 2. The van der Waals surface area contributed by atoms with Crippen molar-refractivity contribution in [2.75, 3.05) is 32.7 Å². The van der Waals surface area contributed by atoms with Crippen LogP contribution < -0.4 is 15.2 Å². The number of nitrogens with one attached hydrogen (secondary N) is 3. The number of hydrogen-bond acceptors (Lipinski definition) is 3. The molecule has 0 spiro atoms. The number of benzene rings is 1. The molecule has 0 aliphatic carbocycles. The van der Waals surface area contributed by atoms with Gasteiger partial charge in [-0.25, -0.2) is 5.43 Å². The van der Waals surface area contributed by atoms with Gasteiger partial charge in [0.05, 0.1) is 6.21 Å². The van der Waals surface area contributed by atoms with Crippen LogP contribution in [0.5, 0.6) is 0 Å². The Hall–Kier alpha value is -2.57. The molecule has 0 unspecified atom stereocenters. The van der Waals surface area contributed by atoms with Crippen molar-refractivity contribution in [1.29, 1.82) is 0 Å². The van der Waals surface area contributed by atoms with Crippen molar-refractivity contribution >= 4 is 12.1 Å². The highest BCUT2D eigenvalue weighted by molar-refractivity contribution is 5.82. The van der Waals surface area contributed by atoms with Crippen LogP contribution in [0.4, 0.5) is 0 Å². The van der Waals surface area contributed by atoms with Crippen LogP contribution in [-0.2, 0) is 11.3 Å². The third-order valence-corrected chi connectivity index (χ3v) is 4.48. The zero-order valence-corrected chi connectivity index (χ0v) is 14.3. The molecule has 1 amide bonds. The van der Waals surface area contributed by atoms with Crippen LogP contribution in [0.25, 0.3) is 0 Å². The molecule has 1 aromatic heterocycles. The molecule has 1 saturated heterocycles. The summed E-state index contributed by atoms with van der Waals surface area (Å²) in [5.41, 5.74) is 4.91. The van der Waals surface area contributed by atoms with Gasteiger partial charge in [-0.15, -0.1) is 0 Å². The fraction of sp³-hybridized carbons (Fsp3) is 0.316. The van der Waals surface area contributed by atoms with Crippen molar-refractivity contribution in [2.24, 2.45) is 5.10 Å². The Balaban J connectivity index is 1.37. The quantitative estimate of drug-likeness (QED) is 0.444. The van der Waals surface area contributed by atoms with Gasteiger partial charge < -0.3 is 9.80 Å². The second-order valence-electron chi connectivity index (χ2n) is 6.41. The molecule has 25 heavy (non-hydrogen) atoms. The number of carbonyl (C=O) groups excluding carboxylic acids is 1. The van der Waals surface area contributed by atoms with Gasteiger partial charge in [-0.3, -0.25) is 9.78 Å². The molecule has 3 rings (SSSR count). The molecular formula is C19H25N5O+2. The number of piperazine rings is 1. The van der Waals surface area contributed by atoms with Gasteiger partial charge in [0, 0.05) is 18.0 Å². The normalized spacial score (nSPS) is 20.5. The molecule has 6 heteroatoms. The number of carbonyl (C=O) groups is 1. The topological polar surface area (TPSA) is 63.2 Å². The predicted molar refractivity (Wildman–Crippen MR) is 96.4 cm³/mol. The first-order valence-electron chi connectivity index (χ1n) is 8.72. The Bertz CT molecular complexity index is 681. The lowest BCUT2D eigenvalue weighted by Gasteiger charge is -2.29. The molecule has 1 fully saturated rings. The van der Waals surface area contributed by atoms with E-state index < -0.39 is 0 Å². The van der Waals surface area contributed by atoms with Gasteiger partial charge in [-0.05, 0) is 17.7 Å². The Morgan fingerprint density at radius 3 is 2.44 bits per heavy atom. The summed E-state index contributed by atoms with van der Waals surface area (Å²) in [5, 5.41) is 4.01. The molecule has 1 aliphatic heterocycles.